The van der Waals surface area contributed by atoms with Crippen molar-refractivity contribution in [1.82, 2.24) is 5.32 Å². The highest BCUT2D eigenvalue weighted by Crippen LogP contribution is 2.26. The van der Waals surface area contributed by atoms with Crippen LogP contribution in [0.3, 0.4) is 0 Å². The van der Waals surface area contributed by atoms with Crippen LogP contribution in [0.15, 0.2) is 24.3 Å². The van der Waals surface area contributed by atoms with E-state index in [0.717, 1.165) is 11.3 Å². The van der Waals surface area contributed by atoms with Crippen molar-refractivity contribution in [3.8, 4) is 5.75 Å². The SMILES string of the molecule is CC(C)NC(=O)[C@@H](C)Oc1ccccc1C(C)C. The van der Waals surface area contributed by atoms with E-state index in [0.29, 0.717) is 5.92 Å². The predicted molar refractivity (Wildman–Crippen MR) is 73.9 cm³/mol. The van der Waals surface area contributed by atoms with Crippen LogP contribution in [-0.4, -0.2) is 18.1 Å². The Labute approximate surface area is 110 Å². The molecule has 1 amide bonds. The zero-order valence-electron chi connectivity index (χ0n) is 11.9. The molecule has 0 unspecified atom stereocenters. The van der Waals surface area contributed by atoms with Gasteiger partial charge in [0.1, 0.15) is 5.75 Å². The molecule has 0 saturated heterocycles. The summed E-state index contributed by atoms with van der Waals surface area (Å²) >= 11 is 0. The Kier molecular flexibility index (Phi) is 5.20. The molecular formula is C15H23NO2. The number of hydrogen-bond donors (Lipinski definition) is 1. The van der Waals surface area contributed by atoms with Crippen LogP contribution in [-0.2, 0) is 4.79 Å². The number of para-hydroxylation sites is 1. The van der Waals surface area contributed by atoms with Gasteiger partial charge in [-0.3, -0.25) is 4.79 Å². The second kappa shape index (κ2) is 6.43. The van der Waals surface area contributed by atoms with Crippen molar-refractivity contribution >= 4 is 5.91 Å². The average Bonchev–Trinajstić information content (AvgIpc) is 2.28. The zero-order chi connectivity index (χ0) is 13.7. The van der Waals surface area contributed by atoms with Crippen LogP contribution in [0.4, 0.5) is 0 Å². The standard InChI is InChI=1S/C15H23NO2/c1-10(2)13-8-6-7-9-14(13)18-12(5)15(17)16-11(3)4/h6-12H,1-5H3,(H,16,17)/t12-/m1/s1. The highest BCUT2D eigenvalue weighted by Gasteiger charge is 2.17. The van der Waals surface area contributed by atoms with E-state index >= 15 is 0 Å². The lowest BCUT2D eigenvalue weighted by Gasteiger charge is -2.19. The van der Waals surface area contributed by atoms with E-state index in [2.05, 4.69) is 19.2 Å². The predicted octanol–water partition coefficient (Wildman–Crippen LogP) is 3.10. The van der Waals surface area contributed by atoms with E-state index in [-0.39, 0.29) is 11.9 Å². The third-order valence-corrected chi connectivity index (χ3v) is 2.64. The molecule has 3 heteroatoms. The van der Waals surface area contributed by atoms with Gasteiger partial charge in [-0.05, 0) is 38.3 Å². The van der Waals surface area contributed by atoms with Crippen LogP contribution in [0.25, 0.3) is 0 Å². The first-order chi connectivity index (χ1) is 8.41. The van der Waals surface area contributed by atoms with Crippen LogP contribution in [0.2, 0.25) is 0 Å². The van der Waals surface area contributed by atoms with Crippen LogP contribution >= 0.6 is 0 Å². The molecule has 0 bridgehead atoms. The second-order valence-corrected chi connectivity index (χ2v) is 5.12. The highest BCUT2D eigenvalue weighted by molar-refractivity contribution is 5.80. The lowest BCUT2D eigenvalue weighted by atomic mass is 10.0. The Hall–Kier alpha value is -1.51. The molecule has 18 heavy (non-hydrogen) atoms. The van der Waals surface area contributed by atoms with Gasteiger partial charge in [0.05, 0.1) is 0 Å². The quantitative estimate of drug-likeness (QED) is 0.870. The minimum absolute atomic E-state index is 0.0800. The maximum Gasteiger partial charge on any atom is 0.260 e. The van der Waals surface area contributed by atoms with Crippen molar-refractivity contribution in [2.75, 3.05) is 0 Å². The Morgan fingerprint density at radius 3 is 2.28 bits per heavy atom. The van der Waals surface area contributed by atoms with Crippen molar-refractivity contribution in [3.63, 3.8) is 0 Å². The molecule has 0 saturated carbocycles. The molecule has 0 fully saturated rings. The van der Waals surface area contributed by atoms with Gasteiger partial charge in [-0.25, -0.2) is 0 Å². The molecule has 3 nitrogen and oxygen atoms in total. The third kappa shape index (κ3) is 4.06. The second-order valence-electron chi connectivity index (χ2n) is 5.12. The Morgan fingerprint density at radius 1 is 1.11 bits per heavy atom. The number of carbonyl (C=O) groups is 1. The number of nitrogens with one attached hydrogen (secondary N) is 1. The first-order valence-electron chi connectivity index (χ1n) is 6.47. The van der Waals surface area contributed by atoms with Crippen LogP contribution < -0.4 is 10.1 Å². The minimum atomic E-state index is -0.479. The Bertz CT molecular complexity index is 399. The Morgan fingerprint density at radius 2 is 1.72 bits per heavy atom. The summed E-state index contributed by atoms with van der Waals surface area (Å²) in [6.45, 7) is 9.87. The van der Waals surface area contributed by atoms with Gasteiger partial charge in [-0.2, -0.15) is 0 Å². The molecule has 1 atom stereocenters. The number of rotatable bonds is 5. The lowest BCUT2D eigenvalue weighted by Crippen LogP contribution is -2.40. The summed E-state index contributed by atoms with van der Waals surface area (Å²) in [4.78, 5) is 11.8. The summed E-state index contributed by atoms with van der Waals surface area (Å²) in [6.07, 6.45) is -0.479. The molecule has 1 aromatic carbocycles. The molecule has 1 aromatic rings. The van der Waals surface area contributed by atoms with Crippen LogP contribution in [0.5, 0.6) is 5.75 Å². The third-order valence-electron chi connectivity index (χ3n) is 2.64. The summed E-state index contributed by atoms with van der Waals surface area (Å²) in [5, 5.41) is 2.85. The van der Waals surface area contributed by atoms with Gasteiger partial charge >= 0.3 is 0 Å². The fourth-order valence-corrected chi connectivity index (χ4v) is 1.71. The van der Waals surface area contributed by atoms with Crippen molar-refractivity contribution in [3.05, 3.63) is 29.8 Å². The fraction of sp³-hybridized carbons (Fsp3) is 0.533. The van der Waals surface area contributed by atoms with E-state index in [9.17, 15) is 4.79 Å². The number of amides is 1. The number of ether oxygens (including phenoxy) is 1. The van der Waals surface area contributed by atoms with Crippen molar-refractivity contribution in [2.45, 2.75) is 52.7 Å². The molecule has 0 aliphatic heterocycles. The van der Waals surface area contributed by atoms with Gasteiger partial charge in [-0.15, -0.1) is 0 Å². The van der Waals surface area contributed by atoms with Crippen LogP contribution in [0.1, 0.15) is 46.1 Å². The average molecular weight is 249 g/mol. The summed E-state index contributed by atoms with van der Waals surface area (Å²) in [5.41, 5.74) is 1.13. The molecule has 0 spiro atoms. The molecular weight excluding hydrogens is 226 g/mol. The van der Waals surface area contributed by atoms with E-state index < -0.39 is 6.10 Å². The summed E-state index contributed by atoms with van der Waals surface area (Å²) in [7, 11) is 0. The van der Waals surface area contributed by atoms with Gasteiger partial charge in [0.2, 0.25) is 0 Å². The first kappa shape index (κ1) is 14.6. The van der Waals surface area contributed by atoms with Gasteiger partial charge in [0.15, 0.2) is 6.10 Å². The minimum Gasteiger partial charge on any atom is -0.481 e. The maximum atomic E-state index is 11.8. The van der Waals surface area contributed by atoms with Gasteiger partial charge in [0, 0.05) is 6.04 Å². The van der Waals surface area contributed by atoms with Crippen molar-refractivity contribution < 1.29 is 9.53 Å². The summed E-state index contributed by atoms with van der Waals surface area (Å²) in [5.74, 6) is 1.09. The molecule has 0 heterocycles. The fourth-order valence-electron chi connectivity index (χ4n) is 1.71. The van der Waals surface area contributed by atoms with E-state index in [1.54, 1.807) is 6.92 Å². The van der Waals surface area contributed by atoms with Gasteiger partial charge < -0.3 is 10.1 Å². The molecule has 0 aliphatic rings. The maximum absolute atomic E-state index is 11.8. The monoisotopic (exact) mass is 249 g/mol. The van der Waals surface area contributed by atoms with Gasteiger partial charge in [-0.1, -0.05) is 32.0 Å². The molecule has 0 aromatic heterocycles. The smallest absolute Gasteiger partial charge is 0.260 e. The number of carbonyl (C=O) groups excluding carboxylic acids is 1. The lowest BCUT2D eigenvalue weighted by molar-refractivity contribution is -0.127. The topological polar surface area (TPSA) is 38.3 Å². The highest BCUT2D eigenvalue weighted by atomic mass is 16.5. The van der Waals surface area contributed by atoms with Gasteiger partial charge in [0.25, 0.3) is 5.91 Å². The van der Waals surface area contributed by atoms with Crippen LogP contribution in [0, 0.1) is 0 Å². The molecule has 1 rings (SSSR count). The van der Waals surface area contributed by atoms with E-state index in [1.165, 1.54) is 0 Å². The van der Waals surface area contributed by atoms with Crippen molar-refractivity contribution in [2.24, 2.45) is 0 Å². The number of hydrogen-bond acceptors (Lipinski definition) is 2. The molecule has 100 valence electrons. The number of benzene rings is 1. The van der Waals surface area contributed by atoms with E-state index in [4.69, 9.17) is 4.74 Å². The van der Waals surface area contributed by atoms with E-state index in [1.807, 2.05) is 38.1 Å². The molecule has 0 aliphatic carbocycles. The molecule has 0 radical (unpaired) electrons. The normalized spacial score (nSPS) is 12.6. The summed E-state index contributed by atoms with van der Waals surface area (Å²) in [6, 6.07) is 7.99. The zero-order valence-corrected chi connectivity index (χ0v) is 11.9. The Balaban J connectivity index is 2.75. The first-order valence-corrected chi connectivity index (χ1v) is 6.47. The largest absolute Gasteiger partial charge is 0.481 e. The molecule has 1 N–H and O–H groups in total. The van der Waals surface area contributed by atoms with Crippen molar-refractivity contribution in [1.29, 1.82) is 0 Å². The summed E-state index contributed by atoms with van der Waals surface area (Å²) < 4.78 is 5.76.